The lowest BCUT2D eigenvalue weighted by Gasteiger charge is -2.12. The van der Waals surface area contributed by atoms with Gasteiger partial charge in [0.1, 0.15) is 0 Å². The Bertz CT molecular complexity index is 329. The zero-order chi connectivity index (χ0) is 9.97. The van der Waals surface area contributed by atoms with Crippen molar-refractivity contribution in [1.82, 2.24) is 14.9 Å². The summed E-state index contributed by atoms with van der Waals surface area (Å²) in [5.74, 6) is -0.958. The predicted octanol–water partition coefficient (Wildman–Crippen LogP) is 0.704. The molecule has 5 heteroatoms. The summed E-state index contributed by atoms with van der Waals surface area (Å²) in [5.41, 5.74) is 0.858. The third kappa shape index (κ3) is 1.77. The lowest BCUT2D eigenvalue weighted by atomic mass is 10.3. The van der Waals surface area contributed by atoms with Gasteiger partial charge in [0.05, 0.1) is 12.0 Å². The quantitative estimate of drug-likeness (QED) is 0.745. The van der Waals surface area contributed by atoms with Crippen molar-refractivity contribution in [2.45, 2.75) is 19.4 Å². The van der Waals surface area contributed by atoms with Crippen LogP contribution < -0.4 is 0 Å². The minimum absolute atomic E-state index is 0.150. The molecule has 0 saturated carbocycles. The first-order valence-electron chi connectivity index (χ1n) is 4.75. The number of aromatic nitrogens is 2. The number of carbonyl (C=O) groups is 1. The van der Waals surface area contributed by atoms with E-state index in [0.717, 1.165) is 13.1 Å². The van der Waals surface area contributed by atoms with Crippen molar-refractivity contribution in [3.63, 3.8) is 0 Å². The second kappa shape index (κ2) is 3.79. The fraction of sp³-hybridized carbons (Fsp3) is 0.556. The highest BCUT2D eigenvalue weighted by atomic mass is 16.4. The topological polar surface area (TPSA) is 69.2 Å². The van der Waals surface area contributed by atoms with Crippen LogP contribution in [0.5, 0.6) is 0 Å². The van der Waals surface area contributed by atoms with Crippen LogP contribution >= 0.6 is 0 Å². The number of H-pyrrole nitrogens is 1. The Kier molecular flexibility index (Phi) is 2.49. The maximum Gasteiger partial charge on any atom is 0.356 e. The first kappa shape index (κ1) is 9.21. The first-order valence-corrected chi connectivity index (χ1v) is 4.75. The van der Waals surface area contributed by atoms with Crippen LogP contribution in [0.3, 0.4) is 0 Å². The Morgan fingerprint density at radius 3 is 2.93 bits per heavy atom. The number of imidazole rings is 1. The largest absolute Gasteiger partial charge is 0.476 e. The van der Waals surface area contributed by atoms with E-state index in [1.165, 1.54) is 19.2 Å². The fourth-order valence-corrected chi connectivity index (χ4v) is 1.79. The van der Waals surface area contributed by atoms with Crippen molar-refractivity contribution in [2.75, 3.05) is 13.1 Å². The Hall–Kier alpha value is -1.36. The molecule has 1 aromatic rings. The number of hydrogen-bond donors (Lipinski definition) is 2. The van der Waals surface area contributed by atoms with Gasteiger partial charge in [0.15, 0.2) is 5.69 Å². The van der Waals surface area contributed by atoms with Crippen molar-refractivity contribution >= 4 is 5.97 Å². The standard InChI is InChI=1S/C9H13N3O2/c13-9(14)8-7(10-6-11-8)5-12-3-1-2-4-12/h6H,1-5H2,(H,10,11)(H,13,14). The molecule has 5 nitrogen and oxygen atoms in total. The molecule has 1 saturated heterocycles. The lowest BCUT2D eigenvalue weighted by molar-refractivity contribution is 0.0688. The Morgan fingerprint density at radius 2 is 2.29 bits per heavy atom. The van der Waals surface area contributed by atoms with Crippen molar-refractivity contribution < 1.29 is 9.90 Å². The smallest absolute Gasteiger partial charge is 0.356 e. The number of rotatable bonds is 3. The van der Waals surface area contributed by atoms with E-state index in [1.54, 1.807) is 0 Å². The third-order valence-electron chi connectivity index (χ3n) is 2.50. The van der Waals surface area contributed by atoms with Gasteiger partial charge in [0.2, 0.25) is 0 Å². The highest BCUT2D eigenvalue weighted by molar-refractivity contribution is 5.86. The molecule has 1 fully saturated rings. The van der Waals surface area contributed by atoms with Gasteiger partial charge >= 0.3 is 5.97 Å². The SMILES string of the molecule is O=C(O)c1nc[nH]c1CN1CCCC1. The average molecular weight is 195 g/mol. The molecule has 0 amide bonds. The van der Waals surface area contributed by atoms with Gasteiger partial charge in [0, 0.05) is 6.54 Å². The highest BCUT2D eigenvalue weighted by Crippen LogP contribution is 2.13. The normalized spacial score (nSPS) is 17.4. The van der Waals surface area contributed by atoms with Crippen LogP contribution in [-0.2, 0) is 6.54 Å². The Labute approximate surface area is 81.8 Å². The summed E-state index contributed by atoms with van der Waals surface area (Å²) >= 11 is 0. The number of aromatic amines is 1. The molecular formula is C9H13N3O2. The minimum Gasteiger partial charge on any atom is -0.476 e. The van der Waals surface area contributed by atoms with Gasteiger partial charge < -0.3 is 10.1 Å². The van der Waals surface area contributed by atoms with Crippen LogP contribution in [0.4, 0.5) is 0 Å². The molecule has 0 unspecified atom stereocenters. The van der Waals surface area contributed by atoms with Crippen molar-refractivity contribution in [1.29, 1.82) is 0 Å². The molecule has 0 bridgehead atoms. The number of nitrogens with zero attached hydrogens (tertiary/aromatic N) is 2. The molecule has 76 valence electrons. The maximum absolute atomic E-state index is 10.8. The van der Waals surface area contributed by atoms with E-state index in [-0.39, 0.29) is 5.69 Å². The molecule has 0 radical (unpaired) electrons. The fourth-order valence-electron chi connectivity index (χ4n) is 1.79. The molecule has 0 aromatic carbocycles. The van der Waals surface area contributed by atoms with Crippen LogP contribution in [0.25, 0.3) is 0 Å². The molecule has 1 aliphatic rings. The summed E-state index contributed by atoms with van der Waals surface area (Å²) in [4.78, 5) is 19.6. The molecular weight excluding hydrogens is 182 g/mol. The highest BCUT2D eigenvalue weighted by Gasteiger charge is 2.18. The van der Waals surface area contributed by atoms with Gasteiger partial charge in [-0.15, -0.1) is 0 Å². The van der Waals surface area contributed by atoms with Gasteiger partial charge in [-0.25, -0.2) is 9.78 Å². The van der Waals surface area contributed by atoms with E-state index in [9.17, 15) is 4.79 Å². The van der Waals surface area contributed by atoms with E-state index in [2.05, 4.69) is 14.9 Å². The van der Waals surface area contributed by atoms with Gasteiger partial charge in [-0.1, -0.05) is 0 Å². The van der Waals surface area contributed by atoms with Crippen LogP contribution in [0.15, 0.2) is 6.33 Å². The minimum atomic E-state index is -0.958. The second-order valence-corrected chi connectivity index (χ2v) is 3.52. The van der Waals surface area contributed by atoms with Crippen LogP contribution in [0.1, 0.15) is 29.0 Å². The molecule has 0 spiro atoms. The second-order valence-electron chi connectivity index (χ2n) is 3.52. The lowest BCUT2D eigenvalue weighted by Crippen LogP contribution is -2.20. The maximum atomic E-state index is 10.8. The molecule has 14 heavy (non-hydrogen) atoms. The summed E-state index contributed by atoms with van der Waals surface area (Å²) in [7, 11) is 0. The van der Waals surface area contributed by atoms with Crippen LogP contribution in [0.2, 0.25) is 0 Å². The van der Waals surface area contributed by atoms with Gasteiger partial charge in [0.25, 0.3) is 0 Å². The Balaban J connectivity index is 2.07. The van der Waals surface area contributed by atoms with Gasteiger partial charge in [-0.3, -0.25) is 4.90 Å². The number of nitrogens with one attached hydrogen (secondary N) is 1. The van der Waals surface area contributed by atoms with E-state index in [0.29, 0.717) is 12.2 Å². The van der Waals surface area contributed by atoms with Crippen molar-refractivity contribution in [2.24, 2.45) is 0 Å². The zero-order valence-corrected chi connectivity index (χ0v) is 7.86. The van der Waals surface area contributed by atoms with Crippen LogP contribution in [-0.4, -0.2) is 39.0 Å². The predicted molar refractivity (Wildman–Crippen MR) is 50.1 cm³/mol. The number of carboxylic acid groups (broad SMARTS) is 1. The molecule has 2 heterocycles. The molecule has 1 aromatic heterocycles. The van der Waals surface area contributed by atoms with E-state index >= 15 is 0 Å². The molecule has 2 N–H and O–H groups in total. The number of aromatic carboxylic acids is 1. The summed E-state index contributed by atoms with van der Waals surface area (Å²) in [6.45, 7) is 2.78. The summed E-state index contributed by atoms with van der Waals surface area (Å²) in [6.07, 6.45) is 3.85. The molecule has 0 aliphatic carbocycles. The third-order valence-corrected chi connectivity index (χ3v) is 2.50. The summed E-state index contributed by atoms with van der Waals surface area (Å²) < 4.78 is 0. The number of hydrogen-bond acceptors (Lipinski definition) is 3. The number of carboxylic acids is 1. The zero-order valence-electron chi connectivity index (χ0n) is 7.86. The summed E-state index contributed by atoms with van der Waals surface area (Å²) in [6, 6.07) is 0. The molecule has 1 aliphatic heterocycles. The van der Waals surface area contributed by atoms with Gasteiger partial charge in [-0.2, -0.15) is 0 Å². The first-order chi connectivity index (χ1) is 6.77. The van der Waals surface area contributed by atoms with Crippen molar-refractivity contribution in [3.05, 3.63) is 17.7 Å². The monoisotopic (exact) mass is 195 g/mol. The van der Waals surface area contributed by atoms with E-state index < -0.39 is 5.97 Å². The van der Waals surface area contributed by atoms with E-state index in [1.807, 2.05) is 0 Å². The number of likely N-dealkylation sites (tertiary alicyclic amines) is 1. The van der Waals surface area contributed by atoms with E-state index in [4.69, 9.17) is 5.11 Å². The average Bonchev–Trinajstić information content (AvgIpc) is 2.75. The molecule has 2 rings (SSSR count). The van der Waals surface area contributed by atoms with Crippen molar-refractivity contribution in [3.8, 4) is 0 Å². The Morgan fingerprint density at radius 1 is 1.57 bits per heavy atom. The van der Waals surface area contributed by atoms with Crippen LogP contribution in [0, 0.1) is 0 Å². The summed E-state index contributed by atoms with van der Waals surface area (Å²) in [5, 5.41) is 8.83. The van der Waals surface area contributed by atoms with Gasteiger partial charge in [-0.05, 0) is 25.9 Å². The molecule has 0 atom stereocenters.